The molecule has 0 aliphatic heterocycles. The molecule has 4 nitrogen and oxygen atoms in total. The van der Waals surface area contributed by atoms with Gasteiger partial charge in [-0.2, -0.15) is 0 Å². The maximum atomic E-state index is 11.3. The Labute approximate surface area is 108 Å². The van der Waals surface area contributed by atoms with E-state index in [-0.39, 0.29) is 0 Å². The first-order chi connectivity index (χ1) is 8.47. The third kappa shape index (κ3) is 3.32. The van der Waals surface area contributed by atoms with Gasteiger partial charge in [-0.05, 0) is 38.3 Å². The summed E-state index contributed by atoms with van der Waals surface area (Å²) < 4.78 is 0. The number of rotatable bonds is 6. The predicted molar refractivity (Wildman–Crippen MR) is 73.4 cm³/mol. The number of pyridine rings is 1. The van der Waals surface area contributed by atoms with Gasteiger partial charge in [0.1, 0.15) is 11.4 Å². The molecule has 0 amide bonds. The number of hydrogen-bond acceptors (Lipinski definition) is 3. The molecule has 0 spiro atoms. The zero-order chi connectivity index (χ0) is 13.7. The fourth-order valence-electron chi connectivity index (χ4n) is 1.94. The van der Waals surface area contributed by atoms with Crippen molar-refractivity contribution in [3.63, 3.8) is 0 Å². The topological polar surface area (TPSA) is 53.4 Å². The zero-order valence-corrected chi connectivity index (χ0v) is 11.2. The maximum Gasteiger partial charge on any atom is 0.339 e. The van der Waals surface area contributed by atoms with Gasteiger partial charge < -0.3 is 10.0 Å². The summed E-state index contributed by atoms with van der Waals surface area (Å²) in [7, 11) is 1.87. The van der Waals surface area contributed by atoms with Gasteiger partial charge in [-0.25, -0.2) is 9.78 Å². The Morgan fingerprint density at radius 3 is 2.78 bits per heavy atom. The van der Waals surface area contributed by atoms with Gasteiger partial charge in [-0.15, -0.1) is 6.58 Å². The molecule has 98 valence electrons. The standard InChI is InChI=1S/C14H20N2O2/c1-5-6-7-8-16(4)13-12(14(17)18)10(2)9-11(3)15-13/h5,9H,1,6-8H2,2-4H3,(H,17,18). The number of allylic oxidation sites excluding steroid dienone is 1. The van der Waals surface area contributed by atoms with Crippen LogP contribution in [0.1, 0.15) is 34.5 Å². The number of carbonyl (C=O) groups is 1. The molecule has 1 aromatic heterocycles. The Kier molecular flexibility index (Phi) is 4.89. The summed E-state index contributed by atoms with van der Waals surface area (Å²) in [5.74, 6) is -0.380. The highest BCUT2D eigenvalue weighted by Crippen LogP contribution is 2.22. The van der Waals surface area contributed by atoms with Crippen molar-refractivity contribution in [2.24, 2.45) is 0 Å². The number of aromatic carboxylic acids is 1. The molecule has 0 atom stereocenters. The van der Waals surface area contributed by atoms with Crippen LogP contribution in [0.3, 0.4) is 0 Å². The number of nitrogens with zero attached hydrogens (tertiary/aromatic N) is 2. The summed E-state index contributed by atoms with van der Waals surface area (Å²) in [6, 6.07) is 1.80. The molecule has 1 heterocycles. The van der Waals surface area contributed by atoms with Gasteiger partial charge >= 0.3 is 5.97 Å². The van der Waals surface area contributed by atoms with E-state index in [1.165, 1.54) is 0 Å². The van der Waals surface area contributed by atoms with Crippen LogP contribution in [0.5, 0.6) is 0 Å². The zero-order valence-electron chi connectivity index (χ0n) is 11.2. The lowest BCUT2D eigenvalue weighted by Crippen LogP contribution is -2.23. The highest BCUT2D eigenvalue weighted by atomic mass is 16.4. The van der Waals surface area contributed by atoms with E-state index in [2.05, 4.69) is 11.6 Å². The first-order valence-corrected chi connectivity index (χ1v) is 6.01. The van der Waals surface area contributed by atoms with E-state index in [1.54, 1.807) is 13.0 Å². The maximum absolute atomic E-state index is 11.3. The SMILES string of the molecule is C=CCCCN(C)c1nc(C)cc(C)c1C(=O)O. The molecular formula is C14H20N2O2. The van der Waals surface area contributed by atoms with E-state index in [4.69, 9.17) is 0 Å². The Balaban J connectivity index is 3.05. The van der Waals surface area contributed by atoms with Gasteiger partial charge in [0.05, 0.1) is 0 Å². The summed E-state index contributed by atoms with van der Waals surface area (Å²) in [6.07, 6.45) is 3.71. The first-order valence-electron chi connectivity index (χ1n) is 6.01. The van der Waals surface area contributed by atoms with Gasteiger partial charge in [-0.3, -0.25) is 0 Å². The smallest absolute Gasteiger partial charge is 0.339 e. The van der Waals surface area contributed by atoms with Crippen LogP contribution in [0.4, 0.5) is 5.82 Å². The molecule has 0 saturated carbocycles. The quantitative estimate of drug-likeness (QED) is 0.621. The number of carboxylic acid groups (broad SMARTS) is 1. The third-order valence-corrected chi connectivity index (χ3v) is 2.80. The lowest BCUT2D eigenvalue weighted by Gasteiger charge is -2.21. The van der Waals surface area contributed by atoms with Crippen LogP contribution in [-0.2, 0) is 0 Å². The monoisotopic (exact) mass is 248 g/mol. The lowest BCUT2D eigenvalue weighted by atomic mass is 10.1. The van der Waals surface area contributed by atoms with E-state index in [0.29, 0.717) is 11.4 Å². The van der Waals surface area contributed by atoms with Crippen LogP contribution in [0, 0.1) is 13.8 Å². The van der Waals surface area contributed by atoms with Crippen molar-refractivity contribution in [1.29, 1.82) is 0 Å². The molecule has 0 aliphatic carbocycles. The molecule has 1 rings (SSSR count). The minimum atomic E-state index is -0.925. The second-order valence-electron chi connectivity index (χ2n) is 4.44. The van der Waals surface area contributed by atoms with Crippen LogP contribution >= 0.6 is 0 Å². The average Bonchev–Trinajstić information content (AvgIpc) is 2.27. The molecule has 18 heavy (non-hydrogen) atoms. The Morgan fingerprint density at radius 2 is 2.22 bits per heavy atom. The molecule has 0 saturated heterocycles. The number of aromatic nitrogens is 1. The van der Waals surface area contributed by atoms with Crippen LogP contribution in [0.15, 0.2) is 18.7 Å². The molecule has 0 bridgehead atoms. The van der Waals surface area contributed by atoms with E-state index in [0.717, 1.165) is 30.6 Å². The molecular weight excluding hydrogens is 228 g/mol. The summed E-state index contributed by atoms with van der Waals surface area (Å²) in [6.45, 7) is 8.12. The van der Waals surface area contributed by atoms with Crippen molar-refractivity contribution in [3.05, 3.63) is 35.5 Å². The van der Waals surface area contributed by atoms with Crippen molar-refractivity contribution in [3.8, 4) is 0 Å². The van der Waals surface area contributed by atoms with Crippen LogP contribution in [0.25, 0.3) is 0 Å². The Morgan fingerprint density at radius 1 is 1.56 bits per heavy atom. The van der Waals surface area contributed by atoms with E-state index in [1.807, 2.05) is 24.9 Å². The minimum absolute atomic E-state index is 0.293. The van der Waals surface area contributed by atoms with Crippen molar-refractivity contribution in [1.82, 2.24) is 4.98 Å². The molecule has 1 N–H and O–H groups in total. The van der Waals surface area contributed by atoms with Crippen molar-refractivity contribution in [2.45, 2.75) is 26.7 Å². The molecule has 1 aromatic rings. The highest BCUT2D eigenvalue weighted by molar-refractivity contribution is 5.95. The van der Waals surface area contributed by atoms with Crippen molar-refractivity contribution < 1.29 is 9.90 Å². The fourth-order valence-corrected chi connectivity index (χ4v) is 1.94. The lowest BCUT2D eigenvalue weighted by molar-refractivity contribution is 0.0696. The number of unbranched alkanes of at least 4 members (excludes halogenated alkanes) is 1. The van der Waals surface area contributed by atoms with Gasteiger partial charge in [0.25, 0.3) is 0 Å². The van der Waals surface area contributed by atoms with E-state index >= 15 is 0 Å². The van der Waals surface area contributed by atoms with Crippen molar-refractivity contribution in [2.75, 3.05) is 18.5 Å². The van der Waals surface area contributed by atoms with Crippen LogP contribution < -0.4 is 4.90 Å². The Hall–Kier alpha value is -1.84. The summed E-state index contributed by atoms with van der Waals surface area (Å²) in [4.78, 5) is 17.6. The molecule has 4 heteroatoms. The second-order valence-corrected chi connectivity index (χ2v) is 4.44. The number of aryl methyl sites for hydroxylation is 2. The molecule has 0 radical (unpaired) electrons. The highest BCUT2D eigenvalue weighted by Gasteiger charge is 2.18. The largest absolute Gasteiger partial charge is 0.478 e. The molecule has 0 unspecified atom stereocenters. The van der Waals surface area contributed by atoms with Crippen LogP contribution in [0.2, 0.25) is 0 Å². The minimum Gasteiger partial charge on any atom is -0.478 e. The van der Waals surface area contributed by atoms with Crippen molar-refractivity contribution >= 4 is 11.8 Å². The predicted octanol–water partition coefficient (Wildman–Crippen LogP) is 2.80. The number of anilines is 1. The molecule has 0 aromatic carbocycles. The third-order valence-electron chi connectivity index (χ3n) is 2.80. The van der Waals surface area contributed by atoms with E-state index in [9.17, 15) is 9.90 Å². The van der Waals surface area contributed by atoms with Gasteiger partial charge in [0, 0.05) is 19.3 Å². The van der Waals surface area contributed by atoms with E-state index < -0.39 is 5.97 Å². The summed E-state index contributed by atoms with van der Waals surface area (Å²) >= 11 is 0. The normalized spacial score (nSPS) is 10.2. The number of hydrogen-bond donors (Lipinski definition) is 1. The molecule has 0 fully saturated rings. The van der Waals surface area contributed by atoms with Gasteiger partial charge in [-0.1, -0.05) is 6.08 Å². The average molecular weight is 248 g/mol. The summed E-state index contributed by atoms with van der Waals surface area (Å²) in [5, 5.41) is 9.28. The first kappa shape index (κ1) is 14.2. The summed E-state index contributed by atoms with van der Waals surface area (Å²) in [5.41, 5.74) is 1.88. The van der Waals surface area contributed by atoms with Gasteiger partial charge in [0.15, 0.2) is 0 Å². The van der Waals surface area contributed by atoms with Gasteiger partial charge in [0.2, 0.25) is 0 Å². The Bertz CT molecular complexity index is 455. The fraction of sp³-hybridized carbons (Fsp3) is 0.429. The molecule has 0 aliphatic rings. The second kappa shape index (κ2) is 6.19. The van der Waals surface area contributed by atoms with Crippen LogP contribution in [-0.4, -0.2) is 29.7 Å². The number of carboxylic acids is 1.